The van der Waals surface area contributed by atoms with Gasteiger partial charge in [0, 0.05) is 43.6 Å². The Balaban J connectivity index is 1.40. The number of carbonyl (C=O) groups excluding carboxylic acids is 1. The molecule has 3 heterocycles. The fraction of sp³-hybridized carbons (Fsp3) is 0.476. The number of nitrogens with one attached hydrogen (secondary N) is 1. The second-order valence-corrected chi connectivity index (χ2v) is 7.53. The van der Waals surface area contributed by atoms with Crippen molar-refractivity contribution >= 4 is 23.1 Å². The van der Waals surface area contributed by atoms with Crippen molar-refractivity contribution in [2.24, 2.45) is 5.92 Å². The number of piperidine rings is 1. The van der Waals surface area contributed by atoms with Gasteiger partial charge in [0.05, 0.1) is 13.2 Å². The van der Waals surface area contributed by atoms with Crippen molar-refractivity contribution in [1.82, 2.24) is 14.9 Å². The first-order chi connectivity index (χ1) is 13.7. The Bertz CT molecular complexity index is 797. The van der Waals surface area contributed by atoms with E-state index >= 15 is 0 Å². The highest BCUT2D eigenvalue weighted by atomic mass is 16.5. The van der Waals surface area contributed by atoms with Crippen LogP contribution in [0.1, 0.15) is 30.3 Å². The van der Waals surface area contributed by atoms with Crippen molar-refractivity contribution in [3.05, 3.63) is 42.4 Å². The SMILES string of the molecule is CC1CCN(c2ccc(Nc3cc(C(=O)N4CCOCC4)ncn3)cc2)CC1. The van der Waals surface area contributed by atoms with Crippen molar-refractivity contribution in [2.75, 3.05) is 49.6 Å². The molecule has 0 spiro atoms. The average molecular weight is 381 g/mol. The highest BCUT2D eigenvalue weighted by Gasteiger charge is 2.20. The first-order valence-corrected chi connectivity index (χ1v) is 10.00. The third kappa shape index (κ3) is 4.42. The predicted octanol–water partition coefficient (Wildman–Crippen LogP) is 2.93. The molecule has 28 heavy (non-hydrogen) atoms. The van der Waals surface area contributed by atoms with E-state index in [4.69, 9.17) is 4.74 Å². The lowest BCUT2D eigenvalue weighted by molar-refractivity contribution is 0.0299. The van der Waals surface area contributed by atoms with Crippen LogP contribution in [0.4, 0.5) is 17.2 Å². The number of nitrogens with zero attached hydrogens (tertiary/aromatic N) is 4. The zero-order valence-electron chi connectivity index (χ0n) is 16.3. The molecule has 2 fully saturated rings. The van der Waals surface area contributed by atoms with Crippen LogP contribution in [0.15, 0.2) is 36.7 Å². The summed E-state index contributed by atoms with van der Waals surface area (Å²) in [4.78, 5) is 25.2. The third-order valence-corrected chi connectivity index (χ3v) is 5.47. The standard InChI is InChI=1S/C21H27N5O2/c1-16-6-8-25(9-7-16)18-4-2-17(3-5-18)24-20-14-19(22-15-23-20)21(27)26-10-12-28-13-11-26/h2-5,14-16H,6-13H2,1H3,(H,22,23,24). The Morgan fingerprint density at radius 3 is 2.50 bits per heavy atom. The highest BCUT2D eigenvalue weighted by molar-refractivity contribution is 5.93. The molecule has 2 aromatic rings. The average Bonchev–Trinajstić information content (AvgIpc) is 2.75. The Labute approximate surface area is 165 Å². The first kappa shape index (κ1) is 18.7. The Kier molecular flexibility index (Phi) is 5.71. The van der Waals surface area contributed by atoms with Crippen LogP contribution in [0, 0.1) is 5.92 Å². The fourth-order valence-corrected chi connectivity index (χ4v) is 3.64. The molecule has 0 saturated carbocycles. The van der Waals surface area contributed by atoms with E-state index in [1.165, 1.54) is 24.9 Å². The van der Waals surface area contributed by atoms with E-state index in [9.17, 15) is 4.79 Å². The lowest BCUT2D eigenvalue weighted by Gasteiger charge is -2.32. The summed E-state index contributed by atoms with van der Waals surface area (Å²) in [6.45, 7) is 6.91. The van der Waals surface area contributed by atoms with E-state index < -0.39 is 0 Å². The molecule has 7 heteroatoms. The first-order valence-electron chi connectivity index (χ1n) is 10.00. The number of benzene rings is 1. The van der Waals surface area contributed by atoms with Crippen LogP contribution in [-0.2, 0) is 4.74 Å². The number of rotatable bonds is 4. The molecule has 0 radical (unpaired) electrons. The van der Waals surface area contributed by atoms with E-state index in [1.54, 1.807) is 11.0 Å². The summed E-state index contributed by atoms with van der Waals surface area (Å²) in [5.41, 5.74) is 2.60. The van der Waals surface area contributed by atoms with Crippen LogP contribution in [0.25, 0.3) is 0 Å². The van der Waals surface area contributed by atoms with Gasteiger partial charge in [-0.1, -0.05) is 6.92 Å². The number of hydrogen-bond donors (Lipinski definition) is 1. The molecule has 0 unspecified atom stereocenters. The molecule has 0 atom stereocenters. The molecule has 0 aliphatic carbocycles. The molecule has 1 aromatic heterocycles. The minimum atomic E-state index is -0.0802. The molecular weight excluding hydrogens is 354 g/mol. The number of morpholine rings is 1. The lowest BCUT2D eigenvalue weighted by atomic mass is 9.99. The van der Waals surface area contributed by atoms with Gasteiger partial charge in [-0.3, -0.25) is 4.79 Å². The predicted molar refractivity (Wildman–Crippen MR) is 109 cm³/mol. The number of anilines is 3. The number of hydrogen-bond acceptors (Lipinski definition) is 6. The summed E-state index contributed by atoms with van der Waals surface area (Å²) in [6, 6.07) is 10.1. The Morgan fingerprint density at radius 1 is 1.07 bits per heavy atom. The molecule has 148 valence electrons. The number of carbonyl (C=O) groups is 1. The van der Waals surface area contributed by atoms with Crippen molar-refractivity contribution in [1.29, 1.82) is 0 Å². The summed E-state index contributed by atoms with van der Waals surface area (Å²) in [6.07, 6.45) is 3.93. The highest BCUT2D eigenvalue weighted by Crippen LogP contribution is 2.25. The van der Waals surface area contributed by atoms with Gasteiger partial charge in [-0.15, -0.1) is 0 Å². The second kappa shape index (κ2) is 8.56. The van der Waals surface area contributed by atoms with Gasteiger partial charge < -0.3 is 19.9 Å². The number of amides is 1. The van der Waals surface area contributed by atoms with Gasteiger partial charge in [0.1, 0.15) is 17.8 Å². The third-order valence-electron chi connectivity index (χ3n) is 5.47. The fourth-order valence-electron chi connectivity index (χ4n) is 3.64. The quantitative estimate of drug-likeness (QED) is 0.878. The van der Waals surface area contributed by atoms with Crippen LogP contribution >= 0.6 is 0 Å². The lowest BCUT2D eigenvalue weighted by Crippen LogP contribution is -2.41. The maximum atomic E-state index is 12.6. The van der Waals surface area contributed by atoms with Crippen molar-refractivity contribution in [2.45, 2.75) is 19.8 Å². The molecule has 2 aliphatic rings. The maximum Gasteiger partial charge on any atom is 0.272 e. The van der Waals surface area contributed by atoms with Gasteiger partial charge in [0.25, 0.3) is 5.91 Å². The van der Waals surface area contributed by atoms with Crippen LogP contribution in [-0.4, -0.2) is 60.2 Å². The molecule has 0 bridgehead atoms. The number of aromatic nitrogens is 2. The zero-order chi connectivity index (χ0) is 19.3. The molecular formula is C21H27N5O2. The van der Waals surface area contributed by atoms with Crippen LogP contribution in [0.2, 0.25) is 0 Å². The summed E-state index contributed by atoms with van der Waals surface area (Å²) in [5, 5.41) is 3.27. The number of ether oxygens (including phenoxy) is 1. The van der Waals surface area contributed by atoms with E-state index in [0.717, 1.165) is 24.7 Å². The topological polar surface area (TPSA) is 70.6 Å². The summed E-state index contributed by atoms with van der Waals surface area (Å²) < 4.78 is 5.30. The molecule has 2 saturated heterocycles. The minimum Gasteiger partial charge on any atom is -0.378 e. The van der Waals surface area contributed by atoms with Crippen LogP contribution in [0.5, 0.6) is 0 Å². The van der Waals surface area contributed by atoms with Gasteiger partial charge >= 0.3 is 0 Å². The van der Waals surface area contributed by atoms with Gasteiger partial charge in [-0.25, -0.2) is 9.97 Å². The van der Waals surface area contributed by atoms with E-state index in [2.05, 4.69) is 51.4 Å². The molecule has 1 aromatic carbocycles. The van der Waals surface area contributed by atoms with Gasteiger partial charge in [-0.2, -0.15) is 0 Å². The molecule has 1 amide bonds. The van der Waals surface area contributed by atoms with Gasteiger partial charge in [0.2, 0.25) is 0 Å². The van der Waals surface area contributed by atoms with Crippen molar-refractivity contribution in [3.63, 3.8) is 0 Å². The van der Waals surface area contributed by atoms with Crippen molar-refractivity contribution in [3.8, 4) is 0 Å². The zero-order valence-corrected chi connectivity index (χ0v) is 16.3. The maximum absolute atomic E-state index is 12.6. The van der Waals surface area contributed by atoms with E-state index in [0.29, 0.717) is 37.8 Å². The second-order valence-electron chi connectivity index (χ2n) is 7.53. The van der Waals surface area contributed by atoms with Crippen LogP contribution in [0.3, 0.4) is 0 Å². The summed E-state index contributed by atoms with van der Waals surface area (Å²) in [7, 11) is 0. The van der Waals surface area contributed by atoms with Crippen molar-refractivity contribution < 1.29 is 9.53 Å². The van der Waals surface area contributed by atoms with Gasteiger partial charge in [-0.05, 0) is 43.0 Å². The monoisotopic (exact) mass is 381 g/mol. The Hall–Kier alpha value is -2.67. The normalized spacial score (nSPS) is 18.2. The van der Waals surface area contributed by atoms with Crippen LogP contribution < -0.4 is 10.2 Å². The molecule has 2 aliphatic heterocycles. The molecule has 1 N–H and O–H groups in total. The molecule has 7 nitrogen and oxygen atoms in total. The Morgan fingerprint density at radius 2 is 1.79 bits per heavy atom. The minimum absolute atomic E-state index is 0.0802. The summed E-state index contributed by atoms with van der Waals surface area (Å²) >= 11 is 0. The van der Waals surface area contributed by atoms with E-state index in [1.807, 2.05) is 0 Å². The molecule has 4 rings (SSSR count). The largest absolute Gasteiger partial charge is 0.378 e. The summed E-state index contributed by atoms with van der Waals surface area (Å²) in [5.74, 6) is 1.36. The van der Waals surface area contributed by atoms with E-state index in [-0.39, 0.29) is 5.91 Å². The van der Waals surface area contributed by atoms with Gasteiger partial charge in [0.15, 0.2) is 0 Å². The smallest absolute Gasteiger partial charge is 0.272 e.